The Morgan fingerprint density at radius 1 is 1.12 bits per heavy atom. The number of nitrogens with zero attached hydrogens (tertiary/aromatic N) is 2. The minimum Gasteiger partial charge on any atom is -0.464 e. The third kappa shape index (κ3) is 9.88. The number of nitro benzene ring substituents is 1. The lowest BCUT2D eigenvalue weighted by atomic mass is 10.0. The van der Waals surface area contributed by atoms with E-state index in [1.807, 2.05) is 0 Å². The number of likely N-dealkylation sites (tertiary alicyclic amines) is 1. The maximum absolute atomic E-state index is 14.2. The maximum atomic E-state index is 14.2. The lowest BCUT2D eigenvalue weighted by Crippen LogP contribution is -2.56. The molecular weight excluding hydrogens is 624 g/mol. The molecule has 0 bridgehead atoms. The summed E-state index contributed by atoms with van der Waals surface area (Å²) in [4.78, 5) is 78.4. The van der Waals surface area contributed by atoms with E-state index in [0.717, 1.165) is 19.3 Å². The smallest absolute Gasteiger partial charge is 0.408 e. The number of benzene rings is 1. The Morgan fingerprint density at radius 2 is 1.81 bits per heavy atom. The van der Waals surface area contributed by atoms with Crippen LogP contribution >= 0.6 is 0 Å². The summed E-state index contributed by atoms with van der Waals surface area (Å²) in [6.45, 7) is 14.1. The molecule has 14 nitrogen and oxygen atoms in total. The van der Waals surface area contributed by atoms with Crippen LogP contribution in [0.4, 0.5) is 10.5 Å². The van der Waals surface area contributed by atoms with Gasteiger partial charge in [-0.25, -0.2) is 14.4 Å². The van der Waals surface area contributed by atoms with Crippen LogP contribution in [-0.2, 0) is 28.6 Å². The Kier molecular flexibility index (Phi) is 12.9. The van der Waals surface area contributed by atoms with Crippen LogP contribution in [0.15, 0.2) is 49.6 Å². The first-order valence-corrected chi connectivity index (χ1v) is 16.1. The molecule has 2 N–H and O–H groups in total. The second-order valence-electron chi connectivity index (χ2n) is 12.9. The Morgan fingerprint density at radius 3 is 2.38 bits per heavy atom. The van der Waals surface area contributed by atoms with Crippen LogP contribution in [0.2, 0.25) is 0 Å². The van der Waals surface area contributed by atoms with Crippen molar-refractivity contribution in [3.8, 4) is 0 Å². The van der Waals surface area contributed by atoms with E-state index in [-0.39, 0.29) is 49.6 Å². The zero-order chi connectivity index (χ0) is 35.6. The fourth-order valence-corrected chi connectivity index (χ4v) is 5.60. The Balaban J connectivity index is 1.88. The summed E-state index contributed by atoms with van der Waals surface area (Å²) < 4.78 is 16.3. The second kappa shape index (κ2) is 16.4. The van der Waals surface area contributed by atoms with Crippen molar-refractivity contribution in [2.75, 3.05) is 13.2 Å². The van der Waals surface area contributed by atoms with Gasteiger partial charge in [0.25, 0.3) is 5.69 Å². The number of nitro groups is 1. The Labute approximate surface area is 280 Å². The fourth-order valence-electron chi connectivity index (χ4n) is 5.60. The van der Waals surface area contributed by atoms with E-state index in [0.29, 0.717) is 6.42 Å². The normalized spacial score (nSPS) is 22.1. The van der Waals surface area contributed by atoms with Gasteiger partial charge < -0.3 is 29.7 Å². The number of hydrogen-bond donors (Lipinski definition) is 2. The fraction of sp³-hybridized carbons (Fsp3) is 0.559. The molecular formula is C34H46N4O10. The van der Waals surface area contributed by atoms with Crippen LogP contribution in [-0.4, -0.2) is 82.1 Å². The van der Waals surface area contributed by atoms with Crippen LogP contribution in [0.1, 0.15) is 83.0 Å². The van der Waals surface area contributed by atoms with Crippen molar-refractivity contribution in [1.29, 1.82) is 0 Å². The van der Waals surface area contributed by atoms with Gasteiger partial charge in [-0.05, 0) is 65.5 Å². The molecule has 1 aliphatic heterocycles. The molecule has 0 aromatic heterocycles. The molecule has 1 aromatic carbocycles. The van der Waals surface area contributed by atoms with Crippen LogP contribution in [0.3, 0.4) is 0 Å². The van der Waals surface area contributed by atoms with Crippen LogP contribution in [0.5, 0.6) is 0 Å². The molecule has 2 aliphatic rings. The summed E-state index contributed by atoms with van der Waals surface area (Å²) in [6, 6.07) is 2.60. The van der Waals surface area contributed by atoms with Gasteiger partial charge in [-0.2, -0.15) is 0 Å². The first-order chi connectivity index (χ1) is 22.6. The van der Waals surface area contributed by atoms with Gasteiger partial charge in [-0.15, -0.1) is 13.2 Å². The largest absolute Gasteiger partial charge is 0.464 e. The predicted octanol–water partition coefficient (Wildman–Crippen LogP) is 4.37. The molecule has 3 amide bonds. The van der Waals surface area contributed by atoms with E-state index >= 15 is 0 Å². The minimum atomic E-state index is -1.34. The lowest BCUT2D eigenvalue weighted by molar-refractivity contribution is -0.384. The van der Waals surface area contributed by atoms with Crippen molar-refractivity contribution in [2.24, 2.45) is 5.92 Å². The number of unbranched alkanes of at least 4 members (excludes halogenated alkanes) is 3. The molecule has 262 valence electrons. The van der Waals surface area contributed by atoms with Gasteiger partial charge in [0, 0.05) is 24.5 Å². The summed E-state index contributed by atoms with van der Waals surface area (Å²) in [5.41, 5.74) is -2.33. The molecule has 1 aliphatic carbocycles. The molecule has 1 aromatic rings. The van der Waals surface area contributed by atoms with E-state index in [4.69, 9.17) is 14.2 Å². The van der Waals surface area contributed by atoms with Crippen LogP contribution < -0.4 is 10.6 Å². The average molecular weight is 671 g/mol. The molecule has 48 heavy (non-hydrogen) atoms. The predicted molar refractivity (Wildman–Crippen MR) is 175 cm³/mol. The van der Waals surface area contributed by atoms with Crippen LogP contribution in [0.25, 0.3) is 0 Å². The quantitative estimate of drug-likeness (QED) is 0.0639. The molecule has 1 saturated heterocycles. The monoisotopic (exact) mass is 670 g/mol. The number of ether oxygens (including phenoxy) is 3. The molecule has 3 rings (SSSR count). The molecule has 1 saturated carbocycles. The number of carbonyl (C=O) groups is 5. The van der Waals surface area contributed by atoms with Gasteiger partial charge in [0.2, 0.25) is 11.8 Å². The molecule has 1 heterocycles. The van der Waals surface area contributed by atoms with Gasteiger partial charge in [-0.1, -0.05) is 25.0 Å². The van der Waals surface area contributed by atoms with E-state index in [9.17, 15) is 34.1 Å². The number of hydrogen-bond acceptors (Lipinski definition) is 10. The maximum Gasteiger partial charge on any atom is 0.408 e. The number of amides is 3. The zero-order valence-electron chi connectivity index (χ0n) is 28.0. The van der Waals surface area contributed by atoms with E-state index in [2.05, 4.69) is 23.8 Å². The topological polar surface area (TPSA) is 183 Å². The Hall–Kier alpha value is -4.75. The lowest BCUT2D eigenvalue weighted by Gasteiger charge is -2.30. The number of alkyl carbamates (subject to hydrolysis) is 1. The van der Waals surface area contributed by atoms with Gasteiger partial charge in [0.05, 0.1) is 23.6 Å². The number of nitrogens with one attached hydrogen (secondary N) is 2. The SMILES string of the molecule is C=CCCCCC[C@H](NC(=O)OC(C)(C)C)C(=O)N1C[C@H](OC(=O)c2ccc([N+](=O)[O-])cc2)C[C@H]1C(=O)N[C@]1(C(=O)OCC)CC1C=C. The number of allylic oxidation sites excluding steroid dienone is 1. The number of rotatable bonds is 16. The number of carbonyl (C=O) groups excluding carboxylic acids is 5. The number of esters is 2. The first kappa shape index (κ1) is 37.7. The average Bonchev–Trinajstić information content (AvgIpc) is 3.58. The van der Waals surface area contributed by atoms with E-state index in [1.54, 1.807) is 39.8 Å². The Bertz CT molecular complexity index is 1390. The van der Waals surface area contributed by atoms with Gasteiger partial charge in [-0.3, -0.25) is 19.7 Å². The summed E-state index contributed by atoms with van der Waals surface area (Å²) in [5, 5.41) is 16.5. The summed E-state index contributed by atoms with van der Waals surface area (Å²) in [5.74, 6) is -3.04. The molecule has 0 spiro atoms. The van der Waals surface area contributed by atoms with E-state index < -0.39 is 64.1 Å². The minimum absolute atomic E-state index is 0.0449. The summed E-state index contributed by atoms with van der Waals surface area (Å²) in [6.07, 6.45) is 4.99. The first-order valence-electron chi connectivity index (χ1n) is 16.1. The highest BCUT2D eigenvalue weighted by Gasteiger charge is 2.62. The van der Waals surface area contributed by atoms with Crippen molar-refractivity contribution >= 4 is 35.5 Å². The van der Waals surface area contributed by atoms with Crippen molar-refractivity contribution in [3.63, 3.8) is 0 Å². The van der Waals surface area contributed by atoms with Crippen molar-refractivity contribution in [1.82, 2.24) is 15.5 Å². The standard InChI is InChI=1S/C34H46N4O10/c1-7-10-11-12-13-14-26(35-32(43)48-33(4,5)6)29(40)37-21-25(47-30(41)22-15-17-24(18-16-22)38(44)45)19-27(37)28(39)36-34(20-23(34)8-2)31(42)46-9-3/h7-8,15-18,23,25-27H,1-2,9-14,19-21H2,3-6H3,(H,35,43)(H,36,39)/t23?,25-,26+,27+,34-/m1/s1. The third-order valence-electron chi connectivity index (χ3n) is 8.11. The van der Waals surface area contributed by atoms with Crippen molar-refractivity contribution in [3.05, 3.63) is 65.3 Å². The third-order valence-corrected chi connectivity index (χ3v) is 8.11. The van der Waals surface area contributed by atoms with Crippen molar-refractivity contribution < 1.29 is 43.1 Å². The highest BCUT2D eigenvalue weighted by Crippen LogP contribution is 2.45. The van der Waals surface area contributed by atoms with Crippen molar-refractivity contribution in [2.45, 2.75) is 102 Å². The van der Waals surface area contributed by atoms with Gasteiger partial charge in [0.15, 0.2) is 0 Å². The second-order valence-corrected chi connectivity index (χ2v) is 12.9. The highest BCUT2D eigenvalue weighted by atomic mass is 16.6. The zero-order valence-corrected chi connectivity index (χ0v) is 28.0. The highest BCUT2D eigenvalue weighted by molar-refractivity contribution is 5.97. The van der Waals surface area contributed by atoms with E-state index in [1.165, 1.54) is 29.2 Å². The molecule has 2 fully saturated rings. The summed E-state index contributed by atoms with van der Waals surface area (Å²) >= 11 is 0. The molecule has 14 heteroatoms. The summed E-state index contributed by atoms with van der Waals surface area (Å²) in [7, 11) is 0. The van der Waals surface area contributed by atoms with Gasteiger partial charge >= 0.3 is 18.0 Å². The molecule has 0 radical (unpaired) electrons. The molecule has 1 unspecified atom stereocenters. The van der Waals surface area contributed by atoms with Crippen LogP contribution in [0, 0.1) is 16.0 Å². The number of non-ortho nitro benzene ring substituents is 1. The molecule has 5 atom stereocenters. The van der Waals surface area contributed by atoms with Gasteiger partial charge in [0.1, 0.15) is 29.3 Å².